The fourth-order valence-corrected chi connectivity index (χ4v) is 2.11. The van der Waals surface area contributed by atoms with Gasteiger partial charge in [0.05, 0.1) is 11.1 Å². The molecule has 0 aliphatic rings. The Morgan fingerprint density at radius 2 is 1.70 bits per heavy atom. The van der Waals surface area contributed by atoms with Gasteiger partial charge in [-0.05, 0) is 36.2 Å². The number of hydrogen-bond donors (Lipinski definition) is 2. The Balaban J connectivity index is 2.31. The molecule has 0 aromatic heterocycles. The molecule has 0 saturated heterocycles. The topological polar surface area (TPSA) is 38.0 Å². The molecule has 1 atom stereocenters. The average molecular weight is 301 g/mol. The van der Waals surface area contributed by atoms with Crippen molar-refractivity contribution in [3.63, 3.8) is 0 Å². The van der Waals surface area contributed by atoms with Gasteiger partial charge in [-0.2, -0.15) is 0 Å². The van der Waals surface area contributed by atoms with Crippen molar-refractivity contribution in [1.29, 1.82) is 0 Å². The highest BCUT2D eigenvalue weighted by Gasteiger charge is 2.19. The Kier molecular flexibility index (Phi) is 4.65. The number of nitrogens with two attached hydrogens (primary N) is 1. The average Bonchev–Trinajstić information content (AvgIpc) is 2.41. The highest BCUT2D eigenvalue weighted by Crippen LogP contribution is 2.25. The Morgan fingerprint density at radius 3 is 2.25 bits per heavy atom. The molecule has 0 aliphatic heterocycles. The molecule has 2 aromatic rings. The molecule has 106 valence electrons. The summed E-state index contributed by atoms with van der Waals surface area (Å²) < 4.78 is 40.8. The van der Waals surface area contributed by atoms with Gasteiger partial charge in [0.1, 0.15) is 17.5 Å². The van der Waals surface area contributed by atoms with Gasteiger partial charge in [-0.1, -0.05) is 23.7 Å². The summed E-state index contributed by atoms with van der Waals surface area (Å²) >= 11 is 5.58. The lowest BCUT2D eigenvalue weighted by atomic mass is 9.98. The summed E-state index contributed by atoms with van der Waals surface area (Å²) in [4.78, 5) is 0. The van der Waals surface area contributed by atoms with Gasteiger partial charge in [-0.25, -0.2) is 13.2 Å². The maximum absolute atomic E-state index is 13.7. The molecule has 2 nitrogen and oxygen atoms in total. The monoisotopic (exact) mass is 300 g/mol. The van der Waals surface area contributed by atoms with Crippen LogP contribution in [-0.4, -0.2) is 0 Å². The summed E-state index contributed by atoms with van der Waals surface area (Å²) in [6.45, 7) is 0. The van der Waals surface area contributed by atoms with E-state index in [1.54, 1.807) is 6.07 Å². The first-order chi connectivity index (χ1) is 9.52. The molecule has 2 rings (SSSR count). The largest absolute Gasteiger partial charge is 0.271 e. The number of halogens is 4. The molecule has 0 heterocycles. The van der Waals surface area contributed by atoms with Crippen LogP contribution in [0, 0.1) is 17.5 Å². The zero-order valence-corrected chi connectivity index (χ0v) is 11.1. The van der Waals surface area contributed by atoms with Crippen LogP contribution in [-0.2, 0) is 6.42 Å². The minimum atomic E-state index is -0.809. The highest BCUT2D eigenvalue weighted by molar-refractivity contribution is 6.30. The Morgan fingerprint density at radius 1 is 1.05 bits per heavy atom. The summed E-state index contributed by atoms with van der Waals surface area (Å²) in [6.07, 6.45) is 0.127. The van der Waals surface area contributed by atoms with Gasteiger partial charge in [0.25, 0.3) is 0 Å². The van der Waals surface area contributed by atoms with E-state index in [9.17, 15) is 13.2 Å². The van der Waals surface area contributed by atoms with Crippen molar-refractivity contribution in [2.45, 2.75) is 12.5 Å². The summed E-state index contributed by atoms with van der Waals surface area (Å²) in [5.74, 6) is 3.35. The van der Waals surface area contributed by atoms with Gasteiger partial charge in [-0.15, -0.1) is 0 Å². The first kappa shape index (κ1) is 14.8. The third-order valence-corrected chi connectivity index (χ3v) is 3.28. The minimum absolute atomic E-state index is 0.0110. The van der Waals surface area contributed by atoms with Crippen LogP contribution in [0.3, 0.4) is 0 Å². The maximum Gasteiger partial charge on any atom is 0.142 e. The van der Waals surface area contributed by atoms with Gasteiger partial charge in [0.2, 0.25) is 0 Å². The lowest BCUT2D eigenvalue weighted by molar-refractivity contribution is 0.472. The van der Waals surface area contributed by atoms with Crippen molar-refractivity contribution < 1.29 is 13.2 Å². The lowest BCUT2D eigenvalue weighted by Gasteiger charge is -2.18. The van der Waals surface area contributed by atoms with Crippen molar-refractivity contribution in [3.05, 3.63) is 70.0 Å². The van der Waals surface area contributed by atoms with Crippen LogP contribution in [0.1, 0.15) is 17.2 Å². The first-order valence-electron chi connectivity index (χ1n) is 5.87. The molecule has 0 aliphatic carbocycles. The smallest absolute Gasteiger partial charge is 0.142 e. The standard InChI is InChI=1S/C14H12ClF3N2/c15-9-5-4-8(6-12(9)18)7-13(20-19)14-10(16)2-1-3-11(14)17/h1-6,13,20H,7,19H2. The molecule has 1 unspecified atom stereocenters. The second-order valence-electron chi connectivity index (χ2n) is 4.31. The summed E-state index contributed by atoms with van der Waals surface area (Å²) in [7, 11) is 0. The number of benzene rings is 2. The molecule has 0 fully saturated rings. The predicted octanol–water partition coefficient (Wildman–Crippen LogP) is 3.50. The van der Waals surface area contributed by atoms with Gasteiger partial charge < -0.3 is 0 Å². The third-order valence-electron chi connectivity index (χ3n) is 2.97. The first-order valence-corrected chi connectivity index (χ1v) is 6.24. The molecule has 0 bridgehead atoms. The van der Waals surface area contributed by atoms with Gasteiger partial charge in [0.15, 0.2) is 0 Å². The van der Waals surface area contributed by atoms with E-state index in [0.29, 0.717) is 5.56 Å². The van der Waals surface area contributed by atoms with Crippen LogP contribution in [0.25, 0.3) is 0 Å². The van der Waals surface area contributed by atoms with Crippen LogP contribution in [0.2, 0.25) is 5.02 Å². The molecular formula is C14H12ClF3N2. The quantitative estimate of drug-likeness (QED) is 0.670. The van der Waals surface area contributed by atoms with Gasteiger partial charge >= 0.3 is 0 Å². The number of rotatable bonds is 4. The van der Waals surface area contributed by atoms with E-state index in [2.05, 4.69) is 5.43 Å². The maximum atomic E-state index is 13.7. The molecule has 3 N–H and O–H groups in total. The zero-order chi connectivity index (χ0) is 14.7. The van der Waals surface area contributed by atoms with Crippen LogP contribution in [0.15, 0.2) is 36.4 Å². The molecule has 20 heavy (non-hydrogen) atoms. The van der Waals surface area contributed by atoms with E-state index in [-0.39, 0.29) is 17.0 Å². The molecular weight excluding hydrogens is 289 g/mol. The van der Waals surface area contributed by atoms with Crippen LogP contribution in [0.4, 0.5) is 13.2 Å². The normalized spacial score (nSPS) is 12.4. The predicted molar refractivity (Wildman–Crippen MR) is 71.5 cm³/mol. The van der Waals surface area contributed by atoms with E-state index in [1.165, 1.54) is 18.2 Å². The second-order valence-corrected chi connectivity index (χ2v) is 4.71. The van der Waals surface area contributed by atoms with Crippen LogP contribution in [0.5, 0.6) is 0 Å². The number of nitrogens with one attached hydrogen (secondary N) is 1. The van der Waals surface area contributed by atoms with Crippen molar-refractivity contribution in [3.8, 4) is 0 Å². The second kappa shape index (κ2) is 6.26. The van der Waals surface area contributed by atoms with Crippen LogP contribution >= 0.6 is 11.6 Å². The highest BCUT2D eigenvalue weighted by atomic mass is 35.5. The Hall–Kier alpha value is -1.56. The minimum Gasteiger partial charge on any atom is -0.271 e. The zero-order valence-electron chi connectivity index (χ0n) is 10.3. The number of hydrazine groups is 1. The van der Waals surface area contributed by atoms with E-state index in [0.717, 1.165) is 12.1 Å². The molecule has 6 heteroatoms. The van der Waals surface area contributed by atoms with E-state index >= 15 is 0 Å². The molecule has 0 radical (unpaired) electrons. The van der Waals surface area contributed by atoms with Crippen LogP contribution < -0.4 is 11.3 Å². The fourth-order valence-electron chi connectivity index (χ4n) is 1.99. The Bertz CT molecular complexity index is 599. The van der Waals surface area contributed by atoms with E-state index in [4.69, 9.17) is 17.4 Å². The third kappa shape index (κ3) is 3.12. The molecule has 0 spiro atoms. The molecule has 0 saturated carbocycles. The summed E-state index contributed by atoms with van der Waals surface area (Å²) in [5, 5.41) is -0.0110. The number of hydrogen-bond acceptors (Lipinski definition) is 2. The Labute approximate surface area is 119 Å². The van der Waals surface area contributed by atoms with Crippen molar-refractivity contribution >= 4 is 11.6 Å². The summed E-state index contributed by atoms with van der Waals surface area (Å²) in [5.41, 5.74) is 2.70. The SMILES string of the molecule is NNC(Cc1ccc(Cl)c(F)c1)c1c(F)cccc1F. The lowest BCUT2D eigenvalue weighted by Crippen LogP contribution is -2.31. The summed E-state index contributed by atoms with van der Waals surface area (Å²) in [6, 6.07) is 6.93. The van der Waals surface area contributed by atoms with E-state index in [1.807, 2.05) is 0 Å². The van der Waals surface area contributed by atoms with E-state index < -0.39 is 23.5 Å². The van der Waals surface area contributed by atoms with Gasteiger partial charge in [-0.3, -0.25) is 11.3 Å². The van der Waals surface area contributed by atoms with Crippen molar-refractivity contribution in [2.24, 2.45) is 5.84 Å². The molecule has 0 amide bonds. The van der Waals surface area contributed by atoms with Crippen molar-refractivity contribution in [1.82, 2.24) is 5.43 Å². The van der Waals surface area contributed by atoms with Crippen molar-refractivity contribution in [2.75, 3.05) is 0 Å². The molecule has 2 aromatic carbocycles. The van der Waals surface area contributed by atoms with Gasteiger partial charge in [0, 0.05) is 5.56 Å². The fraction of sp³-hybridized carbons (Fsp3) is 0.143.